The van der Waals surface area contributed by atoms with Crippen LogP contribution in [0.3, 0.4) is 0 Å². The molecule has 2 heterocycles. The van der Waals surface area contributed by atoms with Crippen molar-refractivity contribution in [3.63, 3.8) is 0 Å². The lowest BCUT2D eigenvalue weighted by Gasteiger charge is -2.20. The van der Waals surface area contributed by atoms with Crippen molar-refractivity contribution in [2.75, 3.05) is 37.6 Å². The number of nitrogens with zero attached hydrogens (tertiary/aromatic N) is 2. The lowest BCUT2D eigenvalue weighted by Crippen LogP contribution is -2.43. The fraction of sp³-hybridized carbons (Fsp3) is 0.533. The van der Waals surface area contributed by atoms with Crippen molar-refractivity contribution >= 4 is 27.6 Å². The van der Waals surface area contributed by atoms with Gasteiger partial charge in [0.05, 0.1) is 0 Å². The highest BCUT2D eigenvalue weighted by atomic mass is 79.9. The standard InChI is InChI=1S/C15H21BrN4/c16-13-3-1-4-14(9-13)20-8-5-12(11-20)10-19-15-17-6-2-7-18-15/h1,3-4,9,12H,2,5-8,10-11H2,(H2,17,18,19). The monoisotopic (exact) mass is 336 g/mol. The highest BCUT2D eigenvalue weighted by Crippen LogP contribution is 2.25. The van der Waals surface area contributed by atoms with Crippen molar-refractivity contribution in [2.45, 2.75) is 12.8 Å². The fourth-order valence-electron chi connectivity index (χ4n) is 2.80. The zero-order valence-corrected chi connectivity index (χ0v) is 13.2. The van der Waals surface area contributed by atoms with Gasteiger partial charge in [-0.3, -0.25) is 4.99 Å². The van der Waals surface area contributed by atoms with Crippen LogP contribution in [0.5, 0.6) is 0 Å². The summed E-state index contributed by atoms with van der Waals surface area (Å²) in [6, 6.07) is 8.56. The van der Waals surface area contributed by atoms with E-state index in [1.807, 2.05) is 0 Å². The summed E-state index contributed by atoms with van der Waals surface area (Å²) in [6.45, 7) is 5.26. The minimum absolute atomic E-state index is 0.695. The summed E-state index contributed by atoms with van der Waals surface area (Å²) in [5, 5.41) is 6.76. The summed E-state index contributed by atoms with van der Waals surface area (Å²) in [6.07, 6.45) is 2.39. The molecule has 1 fully saturated rings. The zero-order chi connectivity index (χ0) is 13.8. The summed E-state index contributed by atoms with van der Waals surface area (Å²) in [5.74, 6) is 1.68. The van der Waals surface area contributed by atoms with E-state index in [2.05, 4.69) is 60.7 Å². The van der Waals surface area contributed by atoms with Crippen LogP contribution in [0.2, 0.25) is 0 Å². The molecule has 1 saturated heterocycles. The summed E-state index contributed by atoms with van der Waals surface area (Å²) in [7, 11) is 0. The third kappa shape index (κ3) is 3.45. The smallest absolute Gasteiger partial charge is 0.191 e. The summed E-state index contributed by atoms with van der Waals surface area (Å²) in [4.78, 5) is 6.92. The first-order valence-corrected chi connectivity index (χ1v) is 8.13. The number of hydrogen-bond acceptors (Lipinski definition) is 4. The van der Waals surface area contributed by atoms with Gasteiger partial charge in [-0.15, -0.1) is 0 Å². The number of aliphatic imine (C=N–C) groups is 1. The maximum Gasteiger partial charge on any atom is 0.191 e. The molecule has 1 aromatic rings. The van der Waals surface area contributed by atoms with Crippen molar-refractivity contribution < 1.29 is 0 Å². The van der Waals surface area contributed by atoms with Gasteiger partial charge in [0.2, 0.25) is 0 Å². The Morgan fingerprint density at radius 2 is 2.40 bits per heavy atom. The lowest BCUT2D eigenvalue weighted by atomic mass is 10.1. The molecule has 0 bridgehead atoms. The van der Waals surface area contributed by atoms with Crippen LogP contribution in [0.25, 0.3) is 0 Å². The Hall–Kier alpha value is -1.23. The third-order valence-corrected chi connectivity index (χ3v) is 4.41. The van der Waals surface area contributed by atoms with Crippen LogP contribution in [0.4, 0.5) is 5.69 Å². The molecule has 0 spiro atoms. The lowest BCUT2D eigenvalue weighted by molar-refractivity contribution is 0.560. The van der Waals surface area contributed by atoms with E-state index in [1.165, 1.54) is 12.1 Å². The molecule has 0 aliphatic carbocycles. The molecule has 0 saturated carbocycles. The molecule has 1 unspecified atom stereocenters. The number of rotatable bonds is 3. The maximum absolute atomic E-state index is 4.45. The van der Waals surface area contributed by atoms with E-state index in [9.17, 15) is 0 Å². The minimum atomic E-state index is 0.695. The van der Waals surface area contributed by atoms with E-state index in [1.54, 1.807) is 0 Å². The van der Waals surface area contributed by atoms with Crippen LogP contribution in [0, 0.1) is 5.92 Å². The predicted molar refractivity (Wildman–Crippen MR) is 87.4 cm³/mol. The van der Waals surface area contributed by atoms with Gasteiger partial charge in [0.1, 0.15) is 0 Å². The Bertz CT molecular complexity index is 489. The van der Waals surface area contributed by atoms with E-state index in [0.29, 0.717) is 5.92 Å². The second-order valence-electron chi connectivity index (χ2n) is 5.47. The molecule has 1 aromatic carbocycles. The number of benzene rings is 1. The van der Waals surface area contributed by atoms with Gasteiger partial charge in [0.25, 0.3) is 0 Å². The van der Waals surface area contributed by atoms with E-state index >= 15 is 0 Å². The van der Waals surface area contributed by atoms with Crippen LogP contribution in [0.15, 0.2) is 33.7 Å². The molecule has 2 N–H and O–H groups in total. The second kappa shape index (κ2) is 6.48. The van der Waals surface area contributed by atoms with Crippen molar-refractivity contribution in [2.24, 2.45) is 10.9 Å². The zero-order valence-electron chi connectivity index (χ0n) is 11.6. The largest absolute Gasteiger partial charge is 0.371 e. The Balaban J connectivity index is 1.50. The number of halogens is 1. The summed E-state index contributed by atoms with van der Waals surface area (Å²) < 4.78 is 1.15. The van der Waals surface area contributed by atoms with E-state index in [-0.39, 0.29) is 0 Å². The molecule has 1 atom stereocenters. The van der Waals surface area contributed by atoms with E-state index in [4.69, 9.17) is 0 Å². The van der Waals surface area contributed by atoms with Gasteiger partial charge >= 0.3 is 0 Å². The first-order valence-electron chi connectivity index (χ1n) is 7.34. The first kappa shape index (κ1) is 13.7. The van der Waals surface area contributed by atoms with Crippen molar-refractivity contribution in [3.05, 3.63) is 28.7 Å². The van der Waals surface area contributed by atoms with Crippen LogP contribution in [0.1, 0.15) is 12.8 Å². The molecule has 0 aromatic heterocycles. The summed E-state index contributed by atoms with van der Waals surface area (Å²) >= 11 is 3.54. The van der Waals surface area contributed by atoms with Crippen molar-refractivity contribution in [1.82, 2.24) is 10.6 Å². The van der Waals surface area contributed by atoms with Gasteiger partial charge in [-0.1, -0.05) is 22.0 Å². The van der Waals surface area contributed by atoms with Gasteiger partial charge in [0, 0.05) is 42.9 Å². The molecular formula is C15H21BrN4. The van der Waals surface area contributed by atoms with Crippen LogP contribution < -0.4 is 15.5 Å². The first-order chi connectivity index (χ1) is 9.81. The van der Waals surface area contributed by atoms with Gasteiger partial charge in [0.15, 0.2) is 5.96 Å². The average molecular weight is 337 g/mol. The number of nitrogens with one attached hydrogen (secondary N) is 2. The molecule has 108 valence electrons. The van der Waals surface area contributed by atoms with Gasteiger partial charge in [-0.2, -0.15) is 0 Å². The predicted octanol–water partition coefficient (Wildman–Crippen LogP) is 2.21. The van der Waals surface area contributed by atoms with Gasteiger partial charge < -0.3 is 15.5 Å². The third-order valence-electron chi connectivity index (χ3n) is 3.91. The Morgan fingerprint density at radius 1 is 1.45 bits per heavy atom. The molecule has 2 aliphatic heterocycles. The molecular weight excluding hydrogens is 316 g/mol. The fourth-order valence-corrected chi connectivity index (χ4v) is 3.19. The summed E-state index contributed by atoms with van der Waals surface area (Å²) in [5.41, 5.74) is 1.31. The number of hydrogen-bond donors (Lipinski definition) is 2. The molecule has 5 heteroatoms. The van der Waals surface area contributed by atoms with Gasteiger partial charge in [-0.25, -0.2) is 0 Å². The Kier molecular flexibility index (Phi) is 4.45. The van der Waals surface area contributed by atoms with Crippen LogP contribution >= 0.6 is 15.9 Å². The van der Waals surface area contributed by atoms with Crippen molar-refractivity contribution in [1.29, 1.82) is 0 Å². The Morgan fingerprint density at radius 3 is 3.20 bits per heavy atom. The molecule has 3 rings (SSSR count). The topological polar surface area (TPSA) is 39.7 Å². The minimum Gasteiger partial charge on any atom is -0.371 e. The van der Waals surface area contributed by atoms with Crippen LogP contribution in [-0.2, 0) is 0 Å². The highest BCUT2D eigenvalue weighted by molar-refractivity contribution is 9.10. The SMILES string of the molecule is Brc1cccc(N2CCC(CNC3=NCCCN3)C2)c1. The maximum atomic E-state index is 4.45. The molecule has 0 amide bonds. The van der Waals surface area contributed by atoms with E-state index < -0.39 is 0 Å². The molecule has 20 heavy (non-hydrogen) atoms. The average Bonchev–Trinajstić information content (AvgIpc) is 2.95. The van der Waals surface area contributed by atoms with E-state index in [0.717, 1.165) is 49.6 Å². The molecule has 4 nitrogen and oxygen atoms in total. The van der Waals surface area contributed by atoms with Gasteiger partial charge in [-0.05, 0) is 37.0 Å². The number of anilines is 1. The quantitative estimate of drug-likeness (QED) is 0.889. The highest BCUT2D eigenvalue weighted by Gasteiger charge is 2.23. The molecule has 0 radical (unpaired) electrons. The van der Waals surface area contributed by atoms with Crippen LogP contribution in [-0.4, -0.2) is 38.7 Å². The molecule has 2 aliphatic rings. The normalized spacial score (nSPS) is 22.4. The van der Waals surface area contributed by atoms with Crippen molar-refractivity contribution in [3.8, 4) is 0 Å². The number of guanidine groups is 1. The second-order valence-corrected chi connectivity index (χ2v) is 6.39. The Labute approximate surface area is 128 Å².